The van der Waals surface area contributed by atoms with Crippen molar-refractivity contribution in [1.29, 1.82) is 5.26 Å². The van der Waals surface area contributed by atoms with E-state index in [4.69, 9.17) is 22.6 Å². The van der Waals surface area contributed by atoms with Crippen LogP contribution in [0.4, 0.5) is 4.39 Å². The van der Waals surface area contributed by atoms with Crippen molar-refractivity contribution in [2.75, 3.05) is 6.54 Å². The van der Waals surface area contributed by atoms with E-state index < -0.39 is 36.9 Å². The van der Waals surface area contributed by atoms with Crippen molar-refractivity contribution in [3.63, 3.8) is 0 Å². The van der Waals surface area contributed by atoms with Crippen LogP contribution < -0.4 is 5.73 Å². The van der Waals surface area contributed by atoms with Crippen molar-refractivity contribution >= 4 is 32.9 Å². The Kier molecular flexibility index (Phi) is 5.53. The molecule has 0 saturated heterocycles. The monoisotopic (exact) mass is 488 g/mol. The van der Waals surface area contributed by atoms with Crippen LogP contribution in [0.5, 0.6) is 0 Å². The number of aromatic nitrogens is 2. The fourth-order valence-corrected chi connectivity index (χ4v) is 7.78. The van der Waals surface area contributed by atoms with Crippen molar-refractivity contribution in [3.05, 3.63) is 57.9 Å². The third-order valence-corrected chi connectivity index (χ3v) is 10.3. The number of hydrogen-bond donors (Lipinski definition) is 1. The maximum Gasteiger partial charge on any atom is 0.188 e. The van der Waals surface area contributed by atoms with Gasteiger partial charge < -0.3 is 5.73 Å². The smallest absolute Gasteiger partial charge is 0.188 e. The first-order valence-electron chi connectivity index (χ1n) is 10.3. The number of nitrogens with zero attached hydrogens (tertiary/aromatic N) is 5. The molecule has 4 heterocycles. The molecule has 0 unspecified atom stereocenters. The van der Waals surface area contributed by atoms with E-state index in [1.54, 1.807) is 20.8 Å². The van der Waals surface area contributed by atoms with Gasteiger partial charge in [-0.3, -0.25) is 19.8 Å². The highest BCUT2D eigenvalue weighted by atomic mass is 35.5. The highest BCUT2D eigenvalue weighted by molar-refractivity contribution is 7.96. The fraction of sp³-hybridized carbons (Fsp3) is 0.409. The summed E-state index contributed by atoms with van der Waals surface area (Å²) in [5.41, 5.74) is 5.38. The predicted molar refractivity (Wildman–Crippen MR) is 123 cm³/mol. The lowest BCUT2D eigenvalue weighted by molar-refractivity contribution is 0.0987. The van der Waals surface area contributed by atoms with E-state index in [2.05, 4.69) is 19.3 Å². The van der Waals surface area contributed by atoms with Gasteiger partial charge in [-0.2, -0.15) is 5.26 Å². The van der Waals surface area contributed by atoms with Crippen molar-refractivity contribution in [2.24, 2.45) is 15.1 Å². The van der Waals surface area contributed by atoms with Gasteiger partial charge in [0.15, 0.2) is 5.78 Å². The average Bonchev–Trinajstić information content (AvgIpc) is 3.18. The van der Waals surface area contributed by atoms with E-state index in [1.165, 1.54) is 24.4 Å². The second-order valence-corrected chi connectivity index (χ2v) is 12.1. The lowest BCUT2D eigenvalue weighted by Crippen LogP contribution is -2.58. The summed E-state index contributed by atoms with van der Waals surface area (Å²) in [7, 11) is -2.85. The van der Waals surface area contributed by atoms with Gasteiger partial charge in [0.1, 0.15) is 39.4 Å². The van der Waals surface area contributed by atoms with Gasteiger partial charge in [0, 0.05) is 18.4 Å². The Bertz CT molecular complexity index is 1380. The summed E-state index contributed by atoms with van der Waals surface area (Å²) < 4.78 is 32.4. The number of halogens is 2. The van der Waals surface area contributed by atoms with Crippen LogP contribution in [0, 0.1) is 17.1 Å². The van der Waals surface area contributed by atoms with Gasteiger partial charge in [-0.05, 0) is 45.4 Å². The van der Waals surface area contributed by atoms with Crippen LogP contribution in [0.2, 0.25) is 5.02 Å². The number of carbonyl (C=O) groups is 1. The topological polar surface area (TPSA) is 134 Å². The van der Waals surface area contributed by atoms with Gasteiger partial charge in [0.2, 0.25) is 0 Å². The average molecular weight is 489 g/mol. The van der Waals surface area contributed by atoms with Gasteiger partial charge >= 0.3 is 0 Å². The molecule has 0 aliphatic carbocycles. The lowest BCUT2D eigenvalue weighted by Gasteiger charge is -2.44. The molecule has 2 aliphatic heterocycles. The molecule has 172 valence electrons. The normalized spacial score (nSPS) is 27.8. The minimum Gasteiger partial charge on any atom is -0.386 e. The fourth-order valence-electron chi connectivity index (χ4n) is 4.36. The van der Waals surface area contributed by atoms with Crippen molar-refractivity contribution in [3.8, 4) is 6.07 Å². The molecule has 2 N–H and O–H groups in total. The SMILES string of the molecule is CC1(C)C(N)=N[C@](C)(c2nc(CC(=O)c3ncc(C#N)cc3Cl)ccc2F)[C@H]2CCN=[S@]21=O. The summed E-state index contributed by atoms with van der Waals surface area (Å²) in [6.07, 6.45) is 1.52. The Morgan fingerprint density at radius 1 is 1.39 bits per heavy atom. The van der Waals surface area contributed by atoms with Crippen LogP contribution in [0.25, 0.3) is 0 Å². The number of ketones is 1. The van der Waals surface area contributed by atoms with E-state index in [9.17, 15) is 9.00 Å². The zero-order valence-electron chi connectivity index (χ0n) is 18.3. The minimum absolute atomic E-state index is 0.00570. The minimum atomic E-state index is -2.85. The second kappa shape index (κ2) is 7.85. The van der Waals surface area contributed by atoms with E-state index in [-0.39, 0.29) is 39.9 Å². The van der Waals surface area contributed by atoms with Crippen LogP contribution in [0.15, 0.2) is 33.8 Å². The molecule has 0 spiro atoms. The van der Waals surface area contributed by atoms with E-state index in [1.807, 2.05) is 6.07 Å². The molecular formula is C22H22ClFN6O2S. The number of Topliss-reactive ketones (excluding diaryl/α,β-unsaturated/α-hetero) is 1. The molecule has 2 aromatic rings. The summed E-state index contributed by atoms with van der Waals surface area (Å²) in [5, 5.41) is 8.41. The third kappa shape index (κ3) is 3.50. The van der Waals surface area contributed by atoms with Crippen LogP contribution in [-0.4, -0.2) is 42.3 Å². The Morgan fingerprint density at radius 2 is 2.12 bits per heavy atom. The zero-order valence-corrected chi connectivity index (χ0v) is 19.9. The van der Waals surface area contributed by atoms with Gasteiger partial charge in [0.25, 0.3) is 0 Å². The Hall–Kier alpha value is -2.90. The molecule has 4 rings (SSSR count). The number of aliphatic imine (C=N–C) groups is 1. The largest absolute Gasteiger partial charge is 0.386 e. The highest BCUT2D eigenvalue weighted by Gasteiger charge is 2.57. The summed E-state index contributed by atoms with van der Waals surface area (Å²) >= 11 is 6.10. The predicted octanol–water partition coefficient (Wildman–Crippen LogP) is 3.17. The first-order valence-corrected chi connectivity index (χ1v) is 12.2. The van der Waals surface area contributed by atoms with E-state index in [0.717, 1.165) is 0 Å². The Morgan fingerprint density at radius 3 is 2.79 bits per heavy atom. The number of nitriles is 1. The highest BCUT2D eigenvalue weighted by Crippen LogP contribution is 2.47. The quantitative estimate of drug-likeness (QED) is 0.656. The number of pyridine rings is 2. The van der Waals surface area contributed by atoms with E-state index >= 15 is 4.39 Å². The molecule has 3 atom stereocenters. The molecule has 11 heteroatoms. The second-order valence-electron chi connectivity index (χ2n) is 8.75. The molecule has 33 heavy (non-hydrogen) atoms. The maximum atomic E-state index is 15.1. The summed E-state index contributed by atoms with van der Waals surface area (Å²) in [6, 6.07) is 5.87. The molecule has 0 aromatic carbocycles. The number of hydrogen-bond acceptors (Lipinski definition) is 8. The number of fused-ring (bicyclic) bond motifs is 1. The summed E-state index contributed by atoms with van der Waals surface area (Å²) in [6.45, 7) is 5.51. The standard InChI is InChI=1S/C22H22ClFN6O2S/c1-21(2)20(26)30-22(3,17-6-7-28-33(17,21)32)19-15(24)5-4-13(29-19)9-16(31)18-14(23)8-12(10-25)11-27-18/h4-5,8,11,17H,6-7,9H2,1-3H3,(H2,26,30)/t17-,22+,33+/m1/s1. The number of nitrogens with two attached hydrogens (primary N) is 1. The lowest BCUT2D eigenvalue weighted by atomic mass is 9.89. The van der Waals surface area contributed by atoms with Crippen molar-refractivity contribution in [1.82, 2.24) is 9.97 Å². The zero-order chi connectivity index (χ0) is 24.2. The first-order chi connectivity index (χ1) is 15.4. The van der Waals surface area contributed by atoms with Gasteiger partial charge in [0.05, 0.1) is 32.0 Å². The number of rotatable bonds is 4. The van der Waals surface area contributed by atoms with Crippen LogP contribution >= 0.6 is 11.6 Å². The van der Waals surface area contributed by atoms with Gasteiger partial charge in [-0.15, -0.1) is 0 Å². The molecule has 2 aromatic heterocycles. The molecule has 0 radical (unpaired) electrons. The van der Waals surface area contributed by atoms with Gasteiger partial charge in [-0.1, -0.05) is 11.6 Å². The van der Waals surface area contributed by atoms with Crippen LogP contribution in [0.3, 0.4) is 0 Å². The summed E-state index contributed by atoms with van der Waals surface area (Å²) in [4.78, 5) is 25.8. The van der Waals surface area contributed by atoms with Crippen LogP contribution in [-0.2, 0) is 21.7 Å². The number of amidine groups is 1. The first kappa shape index (κ1) is 23.3. The van der Waals surface area contributed by atoms with Crippen molar-refractivity contribution < 1.29 is 13.4 Å². The van der Waals surface area contributed by atoms with Gasteiger partial charge in [-0.25, -0.2) is 13.0 Å². The van der Waals surface area contributed by atoms with E-state index in [0.29, 0.717) is 13.0 Å². The number of carbonyl (C=O) groups excluding carboxylic acids is 1. The molecule has 0 saturated carbocycles. The Labute approximate surface area is 196 Å². The molecule has 8 nitrogen and oxygen atoms in total. The molecule has 0 amide bonds. The summed E-state index contributed by atoms with van der Waals surface area (Å²) in [5.74, 6) is -0.937. The molecular weight excluding hydrogens is 467 g/mol. The molecule has 2 aliphatic rings. The maximum absolute atomic E-state index is 15.1. The third-order valence-electron chi connectivity index (χ3n) is 6.35. The van der Waals surface area contributed by atoms with Crippen LogP contribution in [0.1, 0.15) is 54.6 Å². The molecule has 0 bridgehead atoms. The Balaban J connectivity index is 1.75. The molecule has 0 fully saturated rings. The van der Waals surface area contributed by atoms with Crippen molar-refractivity contribution in [2.45, 2.75) is 49.1 Å².